The van der Waals surface area contributed by atoms with Crippen molar-refractivity contribution in [2.75, 3.05) is 12.3 Å². The Bertz CT molecular complexity index is 628. The molecule has 0 saturated heterocycles. The molecule has 0 saturated carbocycles. The van der Waals surface area contributed by atoms with Crippen LogP contribution in [0.4, 0.5) is 0 Å². The molecule has 2 aromatic rings. The topological polar surface area (TPSA) is 54.9 Å². The molecule has 1 N–H and O–H groups in total. The van der Waals surface area contributed by atoms with Gasteiger partial charge in [0.2, 0.25) is 5.91 Å². The Kier molecular flexibility index (Phi) is 5.56. The predicted octanol–water partition coefficient (Wildman–Crippen LogP) is 3.19. The fourth-order valence-electron chi connectivity index (χ4n) is 1.95. The van der Waals surface area contributed by atoms with E-state index in [0.29, 0.717) is 11.7 Å². The molecule has 1 amide bonds. The van der Waals surface area contributed by atoms with E-state index in [1.807, 2.05) is 31.2 Å². The molecule has 1 aromatic carbocycles. The molecule has 112 valence electrons. The molecule has 1 heterocycles. The van der Waals surface area contributed by atoms with Crippen LogP contribution in [0.3, 0.4) is 0 Å². The number of thioether (sulfide) groups is 1. The van der Waals surface area contributed by atoms with Crippen molar-refractivity contribution in [1.82, 2.24) is 15.3 Å². The number of aromatic nitrogens is 2. The van der Waals surface area contributed by atoms with Gasteiger partial charge in [-0.15, -0.1) is 0 Å². The molecule has 0 aliphatic heterocycles. The lowest BCUT2D eigenvalue weighted by atomic mass is 10.1. The van der Waals surface area contributed by atoms with Gasteiger partial charge in [0.05, 0.1) is 11.3 Å². The number of hydrogen-bond acceptors (Lipinski definition) is 4. The number of rotatable bonds is 6. The molecule has 0 bridgehead atoms. The SMILES string of the molecule is Cc1nc(SCC(=O)NCCC(C)C)c2ccccc2n1. The molecule has 0 fully saturated rings. The van der Waals surface area contributed by atoms with Gasteiger partial charge in [-0.25, -0.2) is 9.97 Å². The largest absolute Gasteiger partial charge is 0.355 e. The van der Waals surface area contributed by atoms with E-state index in [9.17, 15) is 4.79 Å². The summed E-state index contributed by atoms with van der Waals surface area (Å²) in [6.07, 6.45) is 1.01. The maximum atomic E-state index is 11.8. The number of carbonyl (C=O) groups is 1. The summed E-state index contributed by atoms with van der Waals surface area (Å²) in [4.78, 5) is 20.7. The van der Waals surface area contributed by atoms with Crippen molar-refractivity contribution in [3.8, 4) is 0 Å². The number of nitrogens with one attached hydrogen (secondary N) is 1. The summed E-state index contributed by atoms with van der Waals surface area (Å²) in [6, 6.07) is 7.89. The number of para-hydroxylation sites is 1. The highest BCUT2D eigenvalue weighted by molar-refractivity contribution is 8.00. The van der Waals surface area contributed by atoms with Gasteiger partial charge in [0.15, 0.2) is 0 Å². The summed E-state index contributed by atoms with van der Waals surface area (Å²) in [5, 5.41) is 4.82. The number of hydrogen-bond donors (Lipinski definition) is 1. The number of aryl methyl sites for hydroxylation is 1. The van der Waals surface area contributed by atoms with Crippen LogP contribution in [0, 0.1) is 12.8 Å². The lowest BCUT2D eigenvalue weighted by Gasteiger charge is -2.08. The Morgan fingerprint density at radius 2 is 2.05 bits per heavy atom. The number of fused-ring (bicyclic) bond motifs is 1. The first-order chi connectivity index (χ1) is 10.1. The van der Waals surface area contributed by atoms with Crippen molar-refractivity contribution in [3.05, 3.63) is 30.1 Å². The molecule has 0 radical (unpaired) electrons. The minimum Gasteiger partial charge on any atom is -0.355 e. The van der Waals surface area contributed by atoms with E-state index in [4.69, 9.17) is 0 Å². The molecule has 21 heavy (non-hydrogen) atoms. The summed E-state index contributed by atoms with van der Waals surface area (Å²) in [5.74, 6) is 1.78. The highest BCUT2D eigenvalue weighted by atomic mass is 32.2. The van der Waals surface area contributed by atoms with Crippen LogP contribution in [0.25, 0.3) is 10.9 Å². The first kappa shape index (κ1) is 15.8. The maximum Gasteiger partial charge on any atom is 0.230 e. The monoisotopic (exact) mass is 303 g/mol. The molecule has 4 nitrogen and oxygen atoms in total. The summed E-state index contributed by atoms with van der Waals surface area (Å²) < 4.78 is 0. The Labute approximate surface area is 129 Å². The highest BCUT2D eigenvalue weighted by Crippen LogP contribution is 2.24. The van der Waals surface area contributed by atoms with E-state index in [2.05, 4.69) is 29.1 Å². The van der Waals surface area contributed by atoms with Crippen LogP contribution in [0.1, 0.15) is 26.1 Å². The zero-order valence-corrected chi connectivity index (χ0v) is 13.5. The van der Waals surface area contributed by atoms with Crippen molar-refractivity contribution >= 4 is 28.6 Å². The molecule has 0 aliphatic rings. The molecule has 0 atom stereocenters. The Morgan fingerprint density at radius 1 is 1.29 bits per heavy atom. The van der Waals surface area contributed by atoms with Gasteiger partial charge in [0.1, 0.15) is 10.9 Å². The minimum atomic E-state index is 0.0565. The second-order valence-electron chi connectivity index (χ2n) is 5.41. The molecular formula is C16H21N3OS. The fraction of sp³-hybridized carbons (Fsp3) is 0.438. The van der Waals surface area contributed by atoms with Gasteiger partial charge >= 0.3 is 0 Å². The van der Waals surface area contributed by atoms with E-state index in [1.54, 1.807) is 0 Å². The second-order valence-corrected chi connectivity index (χ2v) is 6.38. The Morgan fingerprint density at radius 3 is 2.81 bits per heavy atom. The quantitative estimate of drug-likeness (QED) is 0.658. The van der Waals surface area contributed by atoms with E-state index >= 15 is 0 Å². The van der Waals surface area contributed by atoms with Crippen LogP contribution in [-0.2, 0) is 4.79 Å². The van der Waals surface area contributed by atoms with Gasteiger partial charge in [-0.2, -0.15) is 0 Å². The predicted molar refractivity (Wildman–Crippen MR) is 87.5 cm³/mol. The average molecular weight is 303 g/mol. The van der Waals surface area contributed by atoms with Crippen LogP contribution in [0.5, 0.6) is 0 Å². The smallest absolute Gasteiger partial charge is 0.230 e. The van der Waals surface area contributed by atoms with Gasteiger partial charge in [0.25, 0.3) is 0 Å². The maximum absolute atomic E-state index is 11.8. The molecule has 0 aliphatic carbocycles. The molecule has 5 heteroatoms. The van der Waals surface area contributed by atoms with Gasteiger partial charge in [0, 0.05) is 11.9 Å². The van der Waals surface area contributed by atoms with E-state index in [-0.39, 0.29) is 5.91 Å². The third-order valence-corrected chi connectivity index (χ3v) is 4.06. The average Bonchev–Trinajstić information content (AvgIpc) is 2.44. The third-order valence-electron chi connectivity index (χ3n) is 3.06. The Hall–Kier alpha value is -1.62. The summed E-state index contributed by atoms with van der Waals surface area (Å²) in [7, 11) is 0. The van der Waals surface area contributed by atoms with E-state index in [1.165, 1.54) is 11.8 Å². The van der Waals surface area contributed by atoms with E-state index in [0.717, 1.165) is 34.7 Å². The minimum absolute atomic E-state index is 0.0565. The zero-order chi connectivity index (χ0) is 15.2. The first-order valence-electron chi connectivity index (χ1n) is 7.19. The number of amides is 1. The van der Waals surface area contributed by atoms with Gasteiger partial charge < -0.3 is 5.32 Å². The van der Waals surface area contributed by atoms with Crippen molar-refractivity contribution in [2.24, 2.45) is 5.92 Å². The summed E-state index contributed by atoms with van der Waals surface area (Å²) in [6.45, 7) is 6.91. The summed E-state index contributed by atoms with van der Waals surface area (Å²) in [5.41, 5.74) is 0.924. The fourth-order valence-corrected chi connectivity index (χ4v) is 2.85. The van der Waals surface area contributed by atoms with Gasteiger partial charge in [-0.05, 0) is 25.3 Å². The lowest BCUT2D eigenvalue weighted by molar-refractivity contribution is -0.118. The number of benzene rings is 1. The molecule has 2 rings (SSSR count). The van der Waals surface area contributed by atoms with Gasteiger partial charge in [-0.1, -0.05) is 43.8 Å². The second kappa shape index (κ2) is 7.41. The lowest BCUT2D eigenvalue weighted by Crippen LogP contribution is -2.26. The molecule has 0 unspecified atom stereocenters. The first-order valence-corrected chi connectivity index (χ1v) is 8.17. The Balaban J connectivity index is 1.98. The van der Waals surface area contributed by atoms with E-state index < -0.39 is 0 Å². The normalized spacial score (nSPS) is 11.0. The van der Waals surface area contributed by atoms with Crippen LogP contribution in [0.15, 0.2) is 29.3 Å². The van der Waals surface area contributed by atoms with Crippen molar-refractivity contribution in [2.45, 2.75) is 32.2 Å². The number of carbonyl (C=O) groups excluding carboxylic acids is 1. The standard InChI is InChI=1S/C16H21N3OS/c1-11(2)8-9-17-15(20)10-21-16-13-6-4-5-7-14(13)18-12(3)19-16/h4-7,11H,8-10H2,1-3H3,(H,17,20). The summed E-state index contributed by atoms with van der Waals surface area (Å²) >= 11 is 1.47. The molecular weight excluding hydrogens is 282 g/mol. The molecule has 1 aromatic heterocycles. The zero-order valence-electron chi connectivity index (χ0n) is 12.7. The third kappa shape index (κ3) is 4.70. The van der Waals surface area contributed by atoms with Crippen molar-refractivity contribution < 1.29 is 4.79 Å². The van der Waals surface area contributed by atoms with Crippen molar-refractivity contribution in [3.63, 3.8) is 0 Å². The van der Waals surface area contributed by atoms with Crippen LogP contribution in [-0.4, -0.2) is 28.2 Å². The van der Waals surface area contributed by atoms with Crippen LogP contribution < -0.4 is 5.32 Å². The van der Waals surface area contributed by atoms with Crippen LogP contribution in [0.2, 0.25) is 0 Å². The van der Waals surface area contributed by atoms with Crippen molar-refractivity contribution in [1.29, 1.82) is 0 Å². The number of nitrogens with zero attached hydrogens (tertiary/aromatic N) is 2. The van der Waals surface area contributed by atoms with Gasteiger partial charge in [-0.3, -0.25) is 4.79 Å². The van der Waals surface area contributed by atoms with Crippen LogP contribution >= 0.6 is 11.8 Å². The molecule has 0 spiro atoms. The highest BCUT2D eigenvalue weighted by Gasteiger charge is 2.09.